The zero-order valence-corrected chi connectivity index (χ0v) is 12.8. The number of rotatable bonds is 5. The van der Waals surface area contributed by atoms with Gasteiger partial charge in [0.15, 0.2) is 6.10 Å². The van der Waals surface area contributed by atoms with Crippen molar-refractivity contribution in [3.8, 4) is 5.75 Å². The summed E-state index contributed by atoms with van der Waals surface area (Å²) in [4.78, 5) is 11.9. The monoisotopic (exact) mass is 308 g/mol. The van der Waals surface area contributed by atoms with E-state index in [9.17, 15) is 4.79 Å². The second-order valence-corrected chi connectivity index (χ2v) is 6.22. The van der Waals surface area contributed by atoms with E-state index >= 15 is 0 Å². The molecule has 2 fully saturated rings. The molecule has 4 nitrogen and oxygen atoms in total. The first-order chi connectivity index (χ1) is 10.2. The van der Waals surface area contributed by atoms with Gasteiger partial charge in [-0.2, -0.15) is 0 Å². The van der Waals surface area contributed by atoms with Crippen LogP contribution in [0.25, 0.3) is 0 Å². The molecule has 1 unspecified atom stereocenters. The molecule has 0 spiro atoms. The van der Waals surface area contributed by atoms with Crippen molar-refractivity contribution in [3.63, 3.8) is 0 Å². The number of nitrogens with one attached hydrogen (secondary N) is 2. The average molecular weight is 309 g/mol. The minimum atomic E-state index is -0.430. The van der Waals surface area contributed by atoms with Crippen LogP contribution in [0.3, 0.4) is 0 Å². The molecule has 1 aliphatic heterocycles. The Balaban J connectivity index is 1.62. The van der Waals surface area contributed by atoms with Crippen LogP contribution in [0, 0.1) is 0 Å². The summed E-state index contributed by atoms with van der Waals surface area (Å²) in [7, 11) is 0. The minimum absolute atomic E-state index is 0.0388. The first-order valence-electron chi connectivity index (χ1n) is 7.68. The van der Waals surface area contributed by atoms with E-state index in [0.717, 1.165) is 37.9 Å². The fourth-order valence-corrected chi connectivity index (χ4v) is 2.72. The lowest BCUT2D eigenvalue weighted by molar-refractivity contribution is -0.127. The number of amides is 1. The van der Waals surface area contributed by atoms with Crippen molar-refractivity contribution in [2.24, 2.45) is 0 Å². The number of halogens is 1. The highest BCUT2D eigenvalue weighted by Crippen LogP contribution is 2.28. The lowest BCUT2D eigenvalue weighted by atomic mass is 10.1. The van der Waals surface area contributed by atoms with E-state index in [1.54, 1.807) is 0 Å². The SMILES string of the molecule is O=C1NCCCCC1Oc1ccc(CNC2CC2)cc1Cl. The van der Waals surface area contributed by atoms with E-state index in [1.165, 1.54) is 12.8 Å². The molecule has 0 bridgehead atoms. The number of hydrogen-bond donors (Lipinski definition) is 2. The Kier molecular flexibility index (Phi) is 4.66. The third-order valence-electron chi connectivity index (χ3n) is 3.92. The lowest BCUT2D eigenvalue weighted by Gasteiger charge is -2.17. The van der Waals surface area contributed by atoms with Crippen LogP contribution in [0.4, 0.5) is 0 Å². The molecule has 1 aromatic rings. The van der Waals surface area contributed by atoms with E-state index in [2.05, 4.69) is 10.6 Å². The molecule has 21 heavy (non-hydrogen) atoms. The largest absolute Gasteiger partial charge is 0.479 e. The highest BCUT2D eigenvalue weighted by molar-refractivity contribution is 6.32. The van der Waals surface area contributed by atoms with Gasteiger partial charge in [-0.3, -0.25) is 4.79 Å². The van der Waals surface area contributed by atoms with Crippen LogP contribution in [0.15, 0.2) is 18.2 Å². The summed E-state index contributed by atoms with van der Waals surface area (Å²) in [5, 5.41) is 6.89. The fourth-order valence-electron chi connectivity index (χ4n) is 2.48. The molecule has 0 radical (unpaired) electrons. The number of hydrogen-bond acceptors (Lipinski definition) is 3. The smallest absolute Gasteiger partial charge is 0.261 e. The Labute approximate surface area is 130 Å². The van der Waals surface area contributed by atoms with Crippen molar-refractivity contribution in [3.05, 3.63) is 28.8 Å². The third kappa shape index (κ3) is 4.11. The summed E-state index contributed by atoms with van der Waals surface area (Å²) in [6.07, 6.45) is 4.85. The van der Waals surface area contributed by atoms with Crippen LogP contribution in [0.2, 0.25) is 5.02 Å². The maximum Gasteiger partial charge on any atom is 0.261 e. The van der Waals surface area contributed by atoms with Crippen LogP contribution in [-0.4, -0.2) is 24.6 Å². The highest BCUT2D eigenvalue weighted by Gasteiger charge is 2.23. The number of carbonyl (C=O) groups excluding carboxylic acids is 1. The van der Waals surface area contributed by atoms with Crippen LogP contribution in [-0.2, 0) is 11.3 Å². The van der Waals surface area contributed by atoms with Crippen molar-refractivity contribution in [2.75, 3.05) is 6.54 Å². The van der Waals surface area contributed by atoms with Crippen molar-refractivity contribution in [1.29, 1.82) is 0 Å². The minimum Gasteiger partial charge on any atom is -0.479 e. The predicted molar refractivity (Wildman–Crippen MR) is 82.6 cm³/mol. The molecule has 5 heteroatoms. The molecule has 2 aliphatic rings. The fraction of sp³-hybridized carbons (Fsp3) is 0.562. The van der Waals surface area contributed by atoms with E-state index in [4.69, 9.17) is 16.3 Å². The number of ether oxygens (including phenoxy) is 1. The molecule has 1 aliphatic carbocycles. The summed E-state index contributed by atoms with van der Waals surface area (Å²) in [5.74, 6) is 0.553. The molecule has 114 valence electrons. The number of carbonyl (C=O) groups is 1. The van der Waals surface area contributed by atoms with Crippen LogP contribution in [0.5, 0.6) is 5.75 Å². The Morgan fingerprint density at radius 1 is 1.29 bits per heavy atom. The van der Waals surface area contributed by atoms with Gasteiger partial charge >= 0.3 is 0 Å². The van der Waals surface area contributed by atoms with Crippen LogP contribution >= 0.6 is 11.6 Å². The van der Waals surface area contributed by atoms with Gasteiger partial charge in [-0.05, 0) is 49.8 Å². The van der Waals surface area contributed by atoms with Gasteiger partial charge in [0.05, 0.1) is 5.02 Å². The molecule has 1 saturated heterocycles. The van der Waals surface area contributed by atoms with Gasteiger partial charge in [-0.15, -0.1) is 0 Å². The van der Waals surface area contributed by atoms with Gasteiger partial charge < -0.3 is 15.4 Å². The third-order valence-corrected chi connectivity index (χ3v) is 4.22. The van der Waals surface area contributed by atoms with Crippen molar-refractivity contribution in [1.82, 2.24) is 10.6 Å². The molecule has 0 aromatic heterocycles. The normalized spacial score (nSPS) is 22.5. The van der Waals surface area contributed by atoms with Crippen molar-refractivity contribution in [2.45, 2.75) is 50.8 Å². The van der Waals surface area contributed by atoms with Crippen LogP contribution in [0.1, 0.15) is 37.7 Å². The first-order valence-corrected chi connectivity index (χ1v) is 8.06. The summed E-state index contributed by atoms with van der Waals surface area (Å²) in [6.45, 7) is 1.56. The highest BCUT2D eigenvalue weighted by atomic mass is 35.5. The molecule has 1 amide bonds. The molecule has 2 N–H and O–H groups in total. The van der Waals surface area contributed by atoms with Gasteiger partial charge in [0.1, 0.15) is 5.75 Å². The second-order valence-electron chi connectivity index (χ2n) is 5.81. The lowest BCUT2D eigenvalue weighted by Crippen LogP contribution is -2.36. The molecule has 3 rings (SSSR count). The average Bonchev–Trinajstić information content (AvgIpc) is 3.29. The zero-order valence-electron chi connectivity index (χ0n) is 12.0. The van der Waals surface area contributed by atoms with E-state index in [1.807, 2.05) is 18.2 Å². The van der Waals surface area contributed by atoms with Gasteiger partial charge in [0.2, 0.25) is 0 Å². The number of benzene rings is 1. The van der Waals surface area contributed by atoms with E-state index in [0.29, 0.717) is 16.8 Å². The van der Waals surface area contributed by atoms with Gasteiger partial charge in [-0.1, -0.05) is 17.7 Å². The second kappa shape index (κ2) is 6.67. The Morgan fingerprint density at radius 3 is 2.90 bits per heavy atom. The van der Waals surface area contributed by atoms with Gasteiger partial charge in [0.25, 0.3) is 5.91 Å². The maximum atomic E-state index is 11.9. The Bertz CT molecular complexity index is 517. The molecule has 1 saturated carbocycles. The Morgan fingerprint density at radius 2 is 2.14 bits per heavy atom. The Hall–Kier alpha value is -1.26. The van der Waals surface area contributed by atoms with Gasteiger partial charge in [0, 0.05) is 19.1 Å². The summed E-state index contributed by atoms with van der Waals surface area (Å²) < 4.78 is 5.81. The molecule has 1 heterocycles. The molecule has 1 aromatic carbocycles. The first kappa shape index (κ1) is 14.7. The van der Waals surface area contributed by atoms with E-state index < -0.39 is 6.10 Å². The molecule has 1 atom stereocenters. The molecular formula is C16H21ClN2O2. The molecular weight excluding hydrogens is 288 g/mol. The van der Waals surface area contributed by atoms with Gasteiger partial charge in [-0.25, -0.2) is 0 Å². The summed E-state index contributed by atoms with van der Waals surface area (Å²) in [6, 6.07) is 6.46. The maximum absolute atomic E-state index is 11.9. The zero-order chi connectivity index (χ0) is 14.7. The quantitative estimate of drug-likeness (QED) is 0.879. The summed E-state index contributed by atoms with van der Waals surface area (Å²) >= 11 is 6.28. The predicted octanol–water partition coefficient (Wildman–Crippen LogP) is 2.64. The summed E-state index contributed by atoms with van der Waals surface area (Å²) in [5.41, 5.74) is 1.14. The van der Waals surface area contributed by atoms with Crippen molar-refractivity contribution >= 4 is 17.5 Å². The van der Waals surface area contributed by atoms with Crippen LogP contribution < -0.4 is 15.4 Å². The topological polar surface area (TPSA) is 50.4 Å². The standard InChI is InChI=1S/C16H21ClN2O2/c17-13-9-11(10-19-12-5-6-12)4-7-14(13)21-15-3-1-2-8-18-16(15)20/h4,7,9,12,15,19H,1-3,5-6,8,10H2,(H,18,20). The van der Waals surface area contributed by atoms with E-state index in [-0.39, 0.29) is 5.91 Å². The van der Waals surface area contributed by atoms with Crippen molar-refractivity contribution < 1.29 is 9.53 Å².